The first-order chi connectivity index (χ1) is 12.9. The van der Waals surface area contributed by atoms with Crippen LogP contribution in [0.1, 0.15) is 41.6 Å². The van der Waals surface area contributed by atoms with Crippen LogP contribution in [-0.2, 0) is 11.2 Å². The zero-order valence-corrected chi connectivity index (χ0v) is 16.4. The van der Waals surface area contributed by atoms with Gasteiger partial charge in [-0.2, -0.15) is 0 Å². The molecule has 144 valence electrons. The Hall–Kier alpha value is -2.82. The lowest BCUT2D eigenvalue weighted by Gasteiger charge is -2.26. The van der Waals surface area contributed by atoms with Gasteiger partial charge in [-0.3, -0.25) is 4.79 Å². The number of primary amides is 1. The zero-order chi connectivity index (χ0) is 19.8. The molecule has 0 aliphatic carbocycles. The summed E-state index contributed by atoms with van der Waals surface area (Å²) in [5.74, 6) is -0.407. The third-order valence-corrected chi connectivity index (χ3v) is 4.66. The van der Waals surface area contributed by atoms with Gasteiger partial charge in [-0.15, -0.1) is 0 Å². The zero-order valence-electron chi connectivity index (χ0n) is 16.4. The predicted octanol–water partition coefficient (Wildman–Crippen LogP) is 3.49. The molecule has 0 bridgehead atoms. The molecule has 0 saturated heterocycles. The number of benzene rings is 2. The highest BCUT2D eigenvalue weighted by Gasteiger charge is 2.18. The average molecular weight is 367 g/mol. The molecule has 2 rings (SSSR count). The van der Waals surface area contributed by atoms with Crippen LogP contribution in [-0.4, -0.2) is 29.9 Å². The molecular weight excluding hydrogens is 338 g/mol. The van der Waals surface area contributed by atoms with Gasteiger partial charge in [0.25, 0.3) is 0 Å². The first-order valence-electron chi connectivity index (χ1n) is 9.31. The number of nitrogens with zero attached hydrogens (tertiary/aromatic N) is 1. The summed E-state index contributed by atoms with van der Waals surface area (Å²) in [4.78, 5) is 25.7. The maximum Gasteiger partial charge on any atom is 0.317 e. The van der Waals surface area contributed by atoms with E-state index >= 15 is 0 Å². The van der Waals surface area contributed by atoms with Gasteiger partial charge < -0.3 is 16.0 Å². The SMILES string of the molecule is Cc1ccc(C(C)NC(=O)N(CCC(N)=O)CCc2ccccc2)c(C)c1. The van der Waals surface area contributed by atoms with Gasteiger partial charge >= 0.3 is 6.03 Å². The maximum absolute atomic E-state index is 12.8. The first kappa shape index (κ1) is 20.5. The fourth-order valence-electron chi connectivity index (χ4n) is 3.13. The van der Waals surface area contributed by atoms with Crippen LogP contribution in [0, 0.1) is 13.8 Å². The topological polar surface area (TPSA) is 75.4 Å². The van der Waals surface area contributed by atoms with Crippen LogP contribution in [0.25, 0.3) is 0 Å². The van der Waals surface area contributed by atoms with E-state index in [-0.39, 0.29) is 18.5 Å². The Bertz CT molecular complexity index is 774. The molecule has 1 unspecified atom stereocenters. The highest BCUT2D eigenvalue weighted by molar-refractivity contribution is 5.77. The van der Waals surface area contributed by atoms with E-state index in [0.29, 0.717) is 13.1 Å². The van der Waals surface area contributed by atoms with Crippen molar-refractivity contribution in [3.8, 4) is 0 Å². The normalized spacial score (nSPS) is 11.7. The minimum absolute atomic E-state index is 0.120. The molecule has 27 heavy (non-hydrogen) atoms. The lowest BCUT2D eigenvalue weighted by atomic mass is 10.0. The summed E-state index contributed by atoms with van der Waals surface area (Å²) in [5, 5.41) is 3.05. The summed E-state index contributed by atoms with van der Waals surface area (Å²) >= 11 is 0. The number of hydrogen-bond donors (Lipinski definition) is 2. The van der Waals surface area contributed by atoms with Crippen LogP contribution in [0.5, 0.6) is 0 Å². The quantitative estimate of drug-likeness (QED) is 0.749. The summed E-state index contributed by atoms with van der Waals surface area (Å²) in [7, 11) is 0. The van der Waals surface area contributed by atoms with E-state index in [0.717, 1.165) is 23.1 Å². The Labute approximate surface area is 161 Å². The smallest absolute Gasteiger partial charge is 0.317 e. The number of carbonyl (C=O) groups is 2. The van der Waals surface area contributed by atoms with E-state index in [1.165, 1.54) is 5.56 Å². The van der Waals surface area contributed by atoms with Gasteiger partial charge in [-0.05, 0) is 43.9 Å². The molecule has 3 amide bonds. The summed E-state index contributed by atoms with van der Waals surface area (Å²) in [6.45, 7) is 6.91. The third kappa shape index (κ3) is 6.44. The van der Waals surface area contributed by atoms with Crippen LogP contribution in [0.4, 0.5) is 4.79 Å². The molecule has 0 aliphatic rings. The van der Waals surface area contributed by atoms with Gasteiger partial charge in [-0.1, -0.05) is 54.1 Å². The number of rotatable bonds is 8. The summed E-state index contributed by atoms with van der Waals surface area (Å²) in [6.07, 6.45) is 0.880. The number of amides is 3. The van der Waals surface area contributed by atoms with Gasteiger partial charge in [0, 0.05) is 19.5 Å². The number of nitrogens with two attached hydrogens (primary N) is 1. The van der Waals surface area contributed by atoms with E-state index in [9.17, 15) is 9.59 Å². The summed E-state index contributed by atoms with van der Waals surface area (Å²) in [6, 6.07) is 15.9. The van der Waals surface area contributed by atoms with Crippen molar-refractivity contribution in [2.24, 2.45) is 5.73 Å². The largest absolute Gasteiger partial charge is 0.370 e. The van der Waals surface area contributed by atoms with Gasteiger partial charge in [0.15, 0.2) is 0 Å². The summed E-state index contributed by atoms with van der Waals surface area (Å²) in [5.41, 5.74) is 9.86. The van der Waals surface area contributed by atoms with Gasteiger partial charge in [0.2, 0.25) is 5.91 Å². The molecule has 3 N–H and O–H groups in total. The molecule has 2 aromatic carbocycles. The number of aryl methyl sites for hydroxylation is 2. The van der Waals surface area contributed by atoms with E-state index in [2.05, 4.69) is 18.3 Å². The number of carbonyl (C=O) groups excluding carboxylic acids is 2. The Morgan fingerprint density at radius 2 is 1.78 bits per heavy atom. The maximum atomic E-state index is 12.8. The number of nitrogens with one attached hydrogen (secondary N) is 1. The molecular formula is C22H29N3O2. The second kappa shape index (κ2) is 9.76. The van der Waals surface area contributed by atoms with Crippen LogP contribution in [0.2, 0.25) is 0 Å². The van der Waals surface area contributed by atoms with Crippen LogP contribution in [0.3, 0.4) is 0 Å². The lowest BCUT2D eigenvalue weighted by Crippen LogP contribution is -2.43. The average Bonchev–Trinajstić information content (AvgIpc) is 2.62. The molecule has 2 aromatic rings. The molecule has 0 radical (unpaired) electrons. The van der Waals surface area contributed by atoms with Gasteiger partial charge in [0.1, 0.15) is 0 Å². The van der Waals surface area contributed by atoms with Crippen molar-refractivity contribution in [2.45, 2.75) is 39.7 Å². The molecule has 5 nitrogen and oxygen atoms in total. The van der Waals surface area contributed by atoms with Crippen molar-refractivity contribution in [1.82, 2.24) is 10.2 Å². The van der Waals surface area contributed by atoms with Crippen LogP contribution in [0.15, 0.2) is 48.5 Å². The second-order valence-electron chi connectivity index (χ2n) is 6.97. The first-order valence-corrected chi connectivity index (χ1v) is 9.31. The fourth-order valence-corrected chi connectivity index (χ4v) is 3.13. The van der Waals surface area contributed by atoms with Crippen molar-refractivity contribution in [3.63, 3.8) is 0 Å². The summed E-state index contributed by atoms with van der Waals surface area (Å²) < 4.78 is 0. The van der Waals surface area contributed by atoms with Crippen LogP contribution >= 0.6 is 0 Å². The molecule has 0 spiro atoms. The number of hydrogen-bond acceptors (Lipinski definition) is 2. The van der Waals surface area contributed by atoms with E-state index < -0.39 is 5.91 Å². The molecule has 1 atom stereocenters. The molecule has 0 aliphatic heterocycles. The Morgan fingerprint density at radius 3 is 2.41 bits per heavy atom. The standard InChI is InChI=1S/C22H29N3O2/c1-16-9-10-20(17(2)15-16)18(3)24-22(27)25(14-12-21(23)26)13-11-19-7-5-4-6-8-19/h4-10,15,18H,11-14H2,1-3H3,(H2,23,26)(H,24,27). The second-order valence-corrected chi connectivity index (χ2v) is 6.97. The van der Waals surface area contributed by atoms with Gasteiger partial charge in [0.05, 0.1) is 6.04 Å². The third-order valence-electron chi connectivity index (χ3n) is 4.66. The minimum atomic E-state index is -0.407. The van der Waals surface area contributed by atoms with Gasteiger partial charge in [-0.25, -0.2) is 4.79 Å². The van der Waals surface area contributed by atoms with E-state index in [1.807, 2.05) is 56.3 Å². The van der Waals surface area contributed by atoms with Crippen molar-refractivity contribution < 1.29 is 9.59 Å². The number of urea groups is 1. The molecule has 0 fully saturated rings. The van der Waals surface area contributed by atoms with Crippen molar-refractivity contribution in [1.29, 1.82) is 0 Å². The van der Waals surface area contributed by atoms with Crippen molar-refractivity contribution in [3.05, 3.63) is 70.8 Å². The minimum Gasteiger partial charge on any atom is -0.370 e. The molecule has 0 aromatic heterocycles. The van der Waals surface area contributed by atoms with Crippen molar-refractivity contribution >= 4 is 11.9 Å². The Balaban J connectivity index is 2.03. The van der Waals surface area contributed by atoms with E-state index in [1.54, 1.807) is 4.90 Å². The highest BCUT2D eigenvalue weighted by Crippen LogP contribution is 2.19. The lowest BCUT2D eigenvalue weighted by molar-refractivity contribution is -0.118. The Morgan fingerprint density at radius 1 is 1.07 bits per heavy atom. The predicted molar refractivity (Wildman–Crippen MR) is 108 cm³/mol. The molecule has 0 heterocycles. The molecule has 0 saturated carbocycles. The Kier molecular flexibility index (Phi) is 7.41. The van der Waals surface area contributed by atoms with Crippen molar-refractivity contribution in [2.75, 3.05) is 13.1 Å². The highest BCUT2D eigenvalue weighted by atomic mass is 16.2. The monoisotopic (exact) mass is 367 g/mol. The van der Waals surface area contributed by atoms with E-state index in [4.69, 9.17) is 5.73 Å². The molecule has 5 heteroatoms. The fraction of sp³-hybridized carbons (Fsp3) is 0.364. The van der Waals surface area contributed by atoms with Crippen LogP contribution < -0.4 is 11.1 Å².